The van der Waals surface area contributed by atoms with Crippen LogP contribution in [0.15, 0.2) is 4.90 Å². The Kier molecular flexibility index (Phi) is 8.10. The van der Waals surface area contributed by atoms with E-state index in [-0.39, 0.29) is 31.3 Å². The number of halogens is 1. The molecule has 1 amide bonds. The minimum absolute atomic E-state index is 0. The summed E-state index contributed by atoms with van der Waals surface area (Å²) in [6.07, 6.45) is 2.24. The minimum Gasteiger partial charge on any atom is -0.349 e. The van der Waals surface area contributed by atoms with E-state index >= 15 is 0 Å². The van der Waals surface area contributed by atoms with Crippen LogP contribution in [-0.2, 0) is 14.8 Å². The lowest BCUT2D eigenvalue weighted by molar-refractivity contribution is -0.122. The standard InChI is InChI=1S/C20H33N3O3S.ClH/c1-12-13(2)15(4)19(16(5)14(12)3)27(25,26)22-10-9-18(24)23-20(6,11-21)17-7-8-17;/h17,22H,7-11,21H2,1-6H3,(H,23,24);1H. The van der Waals surface area contributed by atoms with Gasteiger partial charge in [-0.2, -0.15) is 0 Å². The van der Waals surface area contributed by atoms with E-state index in [1.165, 1.54) is 0 Å². The fourth-order valence-electron chi connectivity index (χ4n) is 3.66. The fourth-order valence-corrected chi connectivity index (χ4v) is 5.29. The highest BCUT2D eigenvalue weighted by atomic mass is 35.5. The Morgan fingerprint density at radius 1 is 1.04 bits per heavy atom. The van der Waals surface area contributed by atoms with Gasteiger partial charge in [-0.15, -0.1) is 12.4 Å². The van der Waals surface area contributed by atoms with Crippen molar-refractivity contribution in [2.24, 2.45) is 11.7 Å². The molecule has 0 saturated heterocycles. The number of nitrogens with one attached hydrogen (secondary N) is 2. The van der Waals surface area contributed by atoms with Crippen molar-refractivity contribution in [2.75, 3.05) is 13.1 Å². The lowest BCUT2D eigenvalue weighted by Crippen LogP contribution is -2.53. The Labute approximate surface area is 175 Å². The molecule has 0 radical (unpaired) electrons. The number of rotatable bonds is 8. The summed E-state index contributed by atoms with van der Waals surface area (Å²) in [6.45, 7) is 11.9. The number of carbonyl (C=O) groups excluding carboxylic acids is 1. The molecule has 0 heterocycles. The van der Waals surface area contributed by atoms with E-state index in [9.17, 15) is 13.2 Å². The molecular weight excluding hydrogens is 398 g/mol. The van der Waals surface area contributed by atoms with E-state index in [2.05, 4.69) is 10.0 Å². The van der Waals surface area contributed by atoms with Crippen molar-refractivity contribution in [2.45, 2.75) is 71.2 Å². The summed E-state index contributed by atoms with van der Waals surface area (Å²) in [4.78, 5) is 12.6. The summed E-state index contributed by atoms with van der Waals surface area (Å²) < 4.78 is 28.3. The zero-order chi connectivity index (χ0) is 20.6. The topological polar surface area (TPSA) is 101 Å². The lowest BCUT2D eigenvalue weighted by atomic mass is 9.95. The van der Waals surface area contributed by atoms with Crippen molar-refractivity contribution < 1.29 is 13.2 Å². The van der Waals surface area contributed by atoms with Gasteiger partial charge in [0.15, 0.2) is 0 Å². The van der Waals surface area contributed by atoms with E-state index in [0.29, 0.717) is 17.4 Å². The average molecular weight is 432 g/mol. The van der Waals surface area contributed by atoms with Crippen LogP contribution in [0.3, 0.4) is 0 Å². The number of hydrogen-bond acceptors (Lipinski definition) is 4. The van der Waals surface area contributed by atoms with Crippen LogP contribution in [0, 0.1) is 40.5 Å². The van der Waals surface area contributed by atoms with E-state index < -0.39 is 15.6 Å². The smallest absolute Gasteiger partial charge is 0.241 e. The Morgan fingerprint density at radius 2 is 1.50 bits per heavy atom. The van der Waals surface area contributed by atoms with E-state index in [4.69, 9.17) is 5.73 Å². The van der Waals surface area contributed by atoms with Gasteiger partial charge in [-0.3, -0.25) is 4.79 Å². The first kappa shape index (κ1) is 24.9. The zero-order valence-electron chi connectivity index (χ0n) is 17.7. The molecule has 1 fully saturated rings. The van der Waals surface area contributed by atoms with Gasteiger partial charge in [0.25, 0.3) is 0 Å². The minimum atomic E-state index is -3.69. The summed E-state index contributed by atoms with van der Waals surface area (Å²) in [5.74, 6) is 0.245. The molecule has 0 aliphatic heterocycles. The Bertz CT molecular complexity index is 822. The Hall–Kier alpha value is -1.15. The van der Waals surface area contributed by atoms with Crippen molar-refractivity contribution >= 4 is 28.3 Å². The van der Waals surface area contributed by atoms with Crippen molar-refractivity contribution in [3.8, 4) is 0 Å². The van der Waals surface area contributed by atoms with Crippen LogP contribution in [0.25, 0.3) is 0 Å². The predicted octanol–water partition coefficient (Wildman–Crippen LogP) is 2.56. The van der Waals surface area contributed by atoms with Crippen LogP contribution in [0.5, 0.6) is 0 Å². The normalized spacial score (nSPS) is 16.2. The number of sulfonamides is 1. The van der Waals surface area contributed by atoms with Crippen LogP contribution in [0.4, 0.5) is 0 Å². The third-order valence-electron chi connectivity index (χ3n) is 6.17. The largest absolute Gasteiger partial charge is 0.349 e. The maximum Gasteiger partial charge on any atom is 0.241 e. The SMILES string of the molecule is Cc1c(C)c(C)c(S(=O)(=O)NCCC(=O)NC(C)(CN)C2CC2)c(C)c1C.Cl. The highest BCUT2D eigenvalue weighted by Gasteiger charge is 2.41. The maximum absolute atomic E-state index is 12.9. The lowest BCUT2D eigenvalue weighted by Gasteiger charge is -2.29. The summed E-state index contributed by atoms with van der Waals surface area (Å²) in [7, 11) is -3.69. The van der Waals surface area contributed by atoms with Crippen LogP contribution >= 0.6 is 12.4 Å². The van der Waals surface area contributed by atoms with E-state index in [1.807, 2.05) is 41.5 Å². The summed E-state index contributed by atoms with van der Waals surface area (Å²) in [6, 6.07) is 0. The third kappa shape index (κ3) is 5.06. The van der Waals surface area contributed by atoms with Gasteiger partial charge < -0.3 is 11.1 Å². The number of nitrogens with two attached hydrogens (primary N) is 1. The molecule has 0 aromatic heterocycles. The van der Waals surface area contributed by atoms with Gasteiger partial charge in [-0.05, 0) is 88.1 Å². The van der Waals surface area contributed by atoms with Gasteiger partial charge in [0, 0.05) is 19.5 Å². The highest BCUT2D eigenvalue weighted by molar-refractivity contribution is 7.89. The molecule has 2 rings (SSSR count). The van der Waals surface area contributed by atoms with Crippen LogP contribution in [0.1, 0.15) is 54.0 Å². The van der Waals surface area contributed by atoms with Gasteiger partial charge in [-0.25, -0.2) is 13.1 Å². The van der Waals surface area contributed by atoms with Gasteiger partial charge in [0.2, 0.25) is 15.9 Å². The first-order chi connectivity index (χ1) is 12.4. The molecule has 1 aliphatic rings. The molecule has 28 heavy (non-hydrogen) atoms. The molecule has 1 saturated carbocycles. The van der Waals surface area contributed by atoms with Crippen molar-refractivity contribution in [3.63, 3.8) is 0 Å². The number of benzene rings is 1. The van der Waals surface area contributed by atoms with Crippen LogP contribution in [0.2, 0.25) is 0 Å². The first-order valence-electron chi connectivity index (χ1n) is 9.52. The van der Waals surface area contributed by atoms with E-state index in [1.54, 1.807) is 0 Å². The highest BCUT2D eigenvalue weighted by Crippen LogP contribution is 2.39. The maximum atomic E-state index is 12.9. The van der Waals surface area contributed by atoms with Crippen molar-refractivity contribution in [1.29, 1.82) is 0 Å². The molecule has 1 aliphatic carbocycles. The summed E-state index contributed by atoms with van der Waals surface area (Å²) in [5.41, 5.74) is 10.0. The molecule has 0 bridgehead atoms. The molecule has 1 aromatic rings. The quantitative estimate of drug-likeness (QED) is 0.588. The van der Waals surface area contributed by atoms with E-state index in [0.717, 1.165) is 40.7 Å². The second kappa shape index (κ2) is 9.11. The molecule has 6 nitrogen and oxygen atoms in total. The molecule has 160 valence electrons. The van der Waals surface area contributed by atoms with Gasteiger partial charge in [0.1, 0.15) is 0 Å². The average Bonchev–Trinajstić information content (AvgIpc) is 3.43. The molecule has 1 unspecified atom stereocenters. The predicted molar refractivity (Wildman–Crippen MR) is 116 cm³/mol. The van der Waals surface area contributed by atoms with Crippen molar-refractivity contribution in [3.05, 3.63) is 27.8 Å². The van der Waals surface area contributed by atoms with Gasteiger partial charge in [-0.1, -0.05) is 0 Å². The monoisotopic (exact) mass is 431 g/mol. The first-order valence-corrected chi connectivity index (χ1v) is 11.0. The molecule has 4 N–H and O–H groups in total. The fraction of sp³-hybridized carbons (Fsp3) is 0.650. The second-order valence-corrected chi connectivity index (χ2v) is 9.75. The van der Waals surface area contributed by atoms with Crippen LogP contribution in [-0.4, -0.2) is 33.0 Å². The molecule has 0 spiro atoms. The molecule has 8 heteroatoms. The molecule has 1 aromatic carbocycles. The molecule has 1 atom stereocenters. The Morgan fingerprint density at radius 3 is 1.93 bits per heavy atom. The van der Waals surface area contributed by atoms with Crippen LogP contribution < -0.4 is 15.8 Å². The van der Waals surface area contributed by atoms with Gasteiger partial charge in [0.05, 0.1) is 10.4 Å². The Balaban J connectivity index is 0.00000392. The summed E-state index contributed by atoms with van der Waals surface area (Å²) in [5, 5.41) is 2.98. The number of hydrogen-bond donors (Lipinski definition) is 3. The molecular formula is C20H34ClN3O3S. The number of amides is 1. The second-order valence-electron chi connectivity index (χ2n) is 8.05. The third-order valence-corrected chi connectivity index (χ3v) is 7.91. The van der Waals surface area contributed by atoms with Gasteiger partial charge >= 0.3 is 0 Å². The van der Waals surface area contributed by atoms with Crippen molar-refractivity contribution in [1.82, 2.24) is 10.0 Å². The zero-order valence-corrected chi connectivity index (χ0v) is 19.4. The summed E-state index contributed by atoms with van der Waals surface area (Å²) >= 11 is 0. The number of carbonyl (C=O) groups is 1.